The number of nitrogens with zero attached hydrogens (tertiary/aromatic N) is 2. The van der Waals surface area contributed by atoms with Crippen LogP contribution in [0.15, 0.2) is 60.7 Å². The molecule has 1 atom stereocenters. The number of aromatic carboxylic acids is 1. The van der Waals surface area contributed by atoms with Crippen LogP contribution in [-0.4, -0.2) is 40.7 Å². The second-order valence-corrected chi connectivity index (χ2v) is 12.6. The van der Waals surface area contributed by atoms with Crippen molar-refractivity contribution in [1.29, 1.82) is 0 Å². The van der Waals surface area contributed by atoms with Gasteiger partial charge in [-0.3, -0.25) is 0 Å². The molecular formula is C33H28ClF3N2O2S. The van der Waals surface area contributed by atoms with Crippen LogP contribution in [0, 0.1) is 5.92 Å². The van der Waals surface area contributed by atoms with Crippen molar-refractivity contribution in [1.82, 2.24) is 4.98 Å². The first-order valence-electron chi connectivity index (χ1n) is 13.8. The summed E-state index contributed by atoms with van der Waals surface area (Å²) in [4.78, 5) is 20.0. The molecule has 1 aliphatic carbocycles. The predicted octanol–water partition coefficient (Wildman–Crippen LogP) is 8.95. The first-order chi connectivity index (χ1) is 20.1. The van der Waals surface area contributed by atoms with Gasteiger partial charge in [-0.1, -0.05) is 42.8 Å². The van der Waals surface area contributed by atoms with Gasteiger partial charge in [-0.2, -0.15) is 24.9 Å². The van der Waals surface area contributed by atoms with Gasteiger partial charge in [0.15, 0.2) is 0 Å². The van der Waals surface area contributed by atoms with E-state index in [4.69, 9.17) is 16.6 Å². The maximum absolute atomic E-state index is 13.5. The van der Waals surface area contributed by atoms with Crippen molar-refractivity contribution in [3.63, 3.8) is 0 Å². The number of carboxylic acids is 1. The lowest BCUT2D eigenvalue weighted by molar-refractivity contribution is -0.137. The van der Waals surface area contributed by atoms with Crippen molar-refractivity contribution in [2.45, 2.75) is 25.9 Å². The van der Waals surface area contributed by atoms with E-state index in [1.165, 1.54) is 6.07 Å². The average molecular weight is 609 g/mol. The van der Waals surface area contributed by atoms with Crippen molar-refractivity contribution in [2.75, 3.05) is 29.5 Å². The lowest BCUT2D eigenvalue weighted by Gasteiger charge is -2.29. The van der Waals surface area contributed by atoms with Crippen LogP contribution in [0.5, 0.6) is 0 Å². The lowest BCUT2D eigenvalue weighted by Crippen LogP contribution is -2.32. The number of halogens is 4. The van der Waals surface area contributed by atoms with Crippen molar-refractivity contribution in [2.24, 2.45) is 5.92 Å². The topological polar surface area (TPSA) is 53.4 Å². The summed E-state index contributed by atoms with van der Waals surface area (Å²) in [7, 11) is 0. The van der Waals surface area contributed by atoms with Crippen LogP contribution in [0.3, 0.4) is 0 Å². The van der Waals surface area contributed by atoms with Crippen LogP contribution in [-0.2, 0) is 12.6 Å². The second kappa shape index (κ2) is 11.3. The number of hydrogen-bond donors (Lipinski definition) is 1. The zero-order chi connectivity index (χ0) is 29.6. The Kier molecular flexibility index (Phi) is 7.70. The summed E-state index contributed by atoms with van der Waals surface area (Å²) in [5.41, 5.74) is 5.26. The van der Waals surface area contributed by atoms with Gasteiger partial charge in [0, 0.05) is 35.7 Å². The summed E-state index contributed by atoms with van der Waals surface area (Å²) in [6, 6.07) is 17.1. The summed E-state index contributed by atoms with van der Waals surface area (Å²) in [5, 5.41) is 10.6. The Morgan fingerprint density at radius 2 is 1.81 bits per heavy atom. The minimum Gasteiger partial charge on any atom is -0.478 e. The largest absolute Gasteiger partial charge is 0.478 e. The number of thioether (sulfide) groups is 1. The quantitative estimate of drug-likeness (QED) is 0.251. The average Bonchev–Trinajstić information content (AvgIpc) is 2.96. The van der Waals surface area contributed by atoms with E-state index in [1.54, 1.807) is 18.2 Å². The summed E-state index contributed by atoms with van der Waals surface area (Å²) in [6.45, 7) is 3.96. The Morgan fingerprint density at radius 3 is 2.55 bits per heavy atom. The molecule has 1 fully saturated rings. The molecule has 0 saturated carbocycles. The highest BCUT2D eigenvalue weighted by atomic mass is 35.5. The summed E-state index contributed by atoms with van der Waals surface area (Å²) in [6.07, 6.45) is -1.27. The normalized spacial score (nSPS) is 18.4. The van der Waals surface area contributed by atoms with E-state index in [0.717, 1.165) is 53.0 Å². The van der Waals surface area contributed by atoms with E-state index in [2.05, 4.69) is 11.8 Å². The molecule has 0 spiro atoms. The summed E-state index contributed by atoms with van der Waals surface area (Å²) >= 11 is 7.77. The van der Waals surface area contributed by atoms with Crippen LogP contribution in [0.25, 0.3) is 33.7 Å². The Labute approximate surface area is 251 Å². The molecule has 9 heteroatoms. The molecule has 0 bridgehead atoms. The molecule has 2 heterocycles. The number of hydrogen-bond acceptors (Lipinski definition) is 4. The van der Waals surface area contributed by atoms with E-state index in [-0.39, 0.29) is 10.9 Å². The number of aromatic nitrogens is 1. The molecule has 42 heavy (non-hydrogen) atoms. The van der Waals surface area contributed by atoms with Gasteiger partial charge in [-0.15, -0.1) is 0 Å². The molecule has 1 aliphatic heterocycles. The number of carbonyl (C=O) groups is 1. The lowest BCUT2D eigenvalue weighted by atomic mass is 9.80. The molecule has 4 aromatic rings. The van der Waals surface area contributed by atoms with Crippen LogP contribution in [0.4, 0.5) is 18.9 Å². The maximum atomic E-state index is 13.5. The van der Waals surface area contributed by atoms with Gasteiger partial charge < -0.3 is 10.0 Å². The number of pyridine rings is 1. The molecule has 1 N–H and O–H groups in total. The van der Waals surface area contributed by atoms with Gasteiger partial charge >= 0.3 is 12.1 Å². The Bertz CT molecular complexity index is 1730. The molecule has 216 valence electrons. The fourth-order valence-corrected chi connectivity index (χ4v) is 7.10. The standard InChI is InChI=1S/C33H28ClF3N2O2S/c1-19-13-23(16-20-3-2-4-21(15-20)22-5-8-28(34)27(17-22)33(35,36)37)31-26(14-19)30(32(40)41)25-7-6-24(18-29(25)38-31)39-9-11-42-12-10-39/h2-8,15-19H,9-14H2,1H3,(H,40,41)/b23-16+. The smallest absolute Gasteiger partial charge is 0.417 e. The number of benzene rings is 3. The van der Waals surface area contributed by atoms with Crippen molar-refractivity contribution in [3.8, 4) is 11.1 Å². The second-order valence-electron chi connectivity index (χ2n) is 10.9. The highest BCUT2D eigenvalue weighted by Crippen LogP contribution is 2.40. The highest BCUT2D eigenvalue weighted by molar-refractivity contribution is 7.99. The monoisotopic (exact) mass is 608 g/mol. The number of alkyl halides is 3. The Balaban J connectivity index is 1.45. The van der Waals surface area contributed by atoms with Gasteiger partial charge in [-0.05, 0) is 89.1 Å². The van der Waals surface area contributed by atoms with Crippen molar-refractivity contribution >= 4 is 57.6 Å². The minimum absolute atomic E-state index is 0.194. The summed E-state index contributed by atoms with van der Waals surface area (Å²) < 4.78 is 40.5. The third-order valence-corrected chi connectivity index (χ3v) is 9.19. The van der Waals surface area contributed by atoms with E-state index >= 15 is 0 Å². The third kappa shape index (κ3) is 5.62. The molecular weight excluding hydrogens is 581 g/mol. The van der Waals surface area contributed by atoms with Gasteiger partial charge in [0.05, 0.1) is 27.4 Å². The molecule has 1 aromatic heterocycles. The first-order valence-corrected chi connectivity index (χ1v) is 15.3. The van der Waals surface area contributed by atoms with E-state index in [1.807, 2.05) is 48.2 Å². The van der Waals surface area contributed by atoms with Crippen LogP contribution in [0.2, 0.25) is 5.02 Å². The first kappa shape index (κ1) is 28.6. The number of rotatable bonds is 4. The van der Waals surface area contributed by atoms with Gasteiger partial charge in [0.1, 0.15) is 0 Å². The van der Waals surface area contributed by atoms with Crippen LogP contribution < -0.4 is 4.90 Å². The zero-order valence-corrected chi connectivity index (χ0v) is 24.4. The fourth-order valence-electron chi connectivity index (χ4n) is 5.97. The Hall–Kier alpha value is -3.49. The predicted molar refractivity (Wildman–Crippen MR) is 165 cm³/mol. The molecule has 0 radical (unpaired) electrons. The third-order valence-electron chi connectivity index (χ3n) is 7.92. The van der Waals surface area contributed by atoms with Crippen molar-refractivity contribution in [3.05, 3.63) is 93.6 Å². The number of fused-ring (bicyclic) bond motifs is 2. The zero-order valence-electron chi connectivity index (χ0n) is 22.8. The molecule has 1 saturated heterocycles. The van der Waals surface area contributed by atoms with E-state index in [0.29, 0.717) is 46.1 Å². The highest BCUT2D eigenvalue weighted by Gasteiger charge is 2.33. The molecule has 2 aliphatic rings. The molecule has 3 aromatic carbocycles. The SMILES string of the molecule is CC1C/C(=C\c2cccc(-c3ccc(Cl)c(C(F)(F)F)c3)c2)c2nc3cc(N4CCSCC4)ccc3c(C(=O)O)c2C1. The number of carboxylic acid groups (broad SMARTS) is 1. The molecule has 0 amide bonds. The minimum atomic E-state index is -4.56. The maximum Gasteiger partial charge on any atom is 0.417 e. The molecule has 6 rings (SSSR count). The number of allylic oxidation sites excluding steroid dienone is 1. The summed E-state index contributed by atoms with van der Waals surface area (Å²) in [5.74, 6) is 1.32. The van der Waals surface area contributed by atoms with Crippen molar-refractivity contribution < 1.29 is 23.1 Å². The Morgan fingerprint density at radius 1 is 1.05 bits per heavy atom. The molecule has 1 unspecified atom stereocenters. The van der Waals surface area contributed by atoms with E-state index < -0.39 is 17.7 Å². The van der Waals surface area contributed by atoms with Gasteiger partial charge in [-0.25, -0.2) is 9.78 Å². The van der Waals surface area contributed by atoms with Crippen LogP contribution >= 0.6 is 23.4 Å². The van der Waals surface area contributed by atoms with Gasteiger partial charge in [0.25, 0.3) is 0 Å². The van der Waals surface area contributed by atoms with E-state index in [9.17, 15) is 23.1 Å². The fraction of sp³-hybridized carbons (Fsp3) is 0.273. The molecule has 4 nitrogen and oxygen atoms in total. The van der Waals surface area contributed by atoms with Crippen LogP contribution in [0.1, 0.15) is 46.1 Å². The van der Waals surface area contributed by atoms with Gasteiger partial charge in [0.2, 0.25) is 0 Å². The number of anilines is 1.